The Hall–Kier alpha value is -3.22. The molecule has 4 rings (SSSR count). The quantitative estimate of drug-likeness (QED) is 0.760. The zero-order valence-corrected chi connectivity index (χ0v) is 15.5. The number of hydrogen-bond acceptors (Lipinski definition) is 4. The van der Waals surface area contributed by atoms with Crippen LogP contribution in [-0.2, 0) is 4.79 Å². The third-order valence-electron chi connectivity index (χ3n) is 5.54. The van der Waals surface area contributed by atoms with Gasteiger partial charge in [-0.3, -0.25) is 4.79 Å². The van der Waals surface area contributed by atoms with E-state index >= 15 is 0 Å². The van der Waals surface area contributed by atoms with E-state index in [0.29, 0.717) is 11.1 Å². The number of carbonyl (C=O) groups excluding carboxylic acids is 2. The van der Waals surface area contributed by atoms with Crippen LogP contribution in [0.4, 0.5) is 14.5 Å². The average Bonchev–Trinajstić information content (AvgIpc) is 3.17. The van der Waals surface area contributed by atoms with Crippen molar-refractivity contribution in [3.8, 4) is 0 Å². The number of carboxylic acid groups (broad SMARTS) is 1. The molecule has 0 bridgehead atoms. The van der Waals surface area contributed by atoms with E-state index in [1.165, 1.54) is 12.1 Å². The molecule has 5 nitrogen and oxygen atoms in total. The second-order valence-electron chi connectivity index (χ2n) is 7.32. The van der Waals surface area contributed by atoms with Crippen molar-refractivity contribution in [1.29, 1.82) is 0 Å². The van der Waals surface area contributed by atoms with E-state index in [4.69, 9.17) is 0 Å². The highest BCUT2D eigenvalue weighted by molar-refractivity contribution is 5.95. The first kappa shape index (κ1) is 19.1. The maximum absolute atomic E-state index is 14.4. The Kier molecular flexibility index (Phi) is 5.05. The van der Waals surface area contributed by atoms with Crippen LogP contribution < -0.4 is 15.7 Å². The summed E-state index contributed by atoms with van der Waals surface area (Å²) in [6.45, 7) is -0.00558. The molecule has 0 aromatic heterocycles. The molecule has 2 aliphatic rings. The van der Waals surface area contributed by atoms with Crippen molar-refractivity contribution in [3.05, 3.63) is 76.9 Å². The normalized spacial score (nSPS) is 21.8. The monoisotopic (exact) mass is 397 g/mol. The van der Waals surface area contributed by atoms with Gasteiger partial charge in [0.2, 0.25) is 0 Å². The number of allylic oxidation sites excluding steroid dienone is 2. The molecule has 7 heteroatoms. The predicted octanol–water partition coefficient (Wildman–Crippen LogP) is 2.66. The molecule has 0 unspecified atom stereocenters. The molecule has 0 radical (unpaired) electrons. The highest BCUT2D eigenvalue weighted by atomic mass is 19.1. The second kappa shape index (κ2) is 7.66. The summed E-state index contributed by atoms with van der Waals surface area (Å²) in [5.74, 6) is -2.74. The van der Waals surface area contributed by atoms with E-state index in [9.17, 15) is 23.5 Å². The summed E-state index contributed by atoms with van der Waals surface area (Å²) in [6, 6.07) is 8.49. The highest BCUT2D eigenvalue weighted by Gasteiger charge is 2.39. The molecule has 1 aliphatic heterocycles. The van der Waals surface area contributed by atoms with Gasteiger partial charge >= 0.3 is 0 Å². The molecule has 3 atom stereocenters. The zero-order valence-electron chi connectivity index (χ0n) is 15.5. The van der Waals surface area contributed by atoms with Crippen LogP contribution in [0, 0.1) is 17.6 Å². The van der Waals surface area contributed by atoms with Gasteiger partial charge in [0.25, 0.3) is 5.91 Å². The van der Waals surface area contributed by atoms with Crippen molar-refractivity contribution in [2.75, 3.05) is 11.9 Å². The lowest BCUT2D eigenvalue weighted by molar-refractivity contribution is -0.305. The van der Waals surface area contributed by atoms with Gasteiger partial charge in [-0.25, -0.2) is 8.78 Å². The number of rotatable bonds is 5. The lowest BCUT2D eigenvalue weighted by Gasteiger charge is -2.37. The summed E-state index contributed by atoms with van der Waals surface area (Å²) < 4.78 is 27.7. The molecule has 0 spiro atoms. The number of carbonyl (C=O) groups is 2. The molecule has 0 fully saturated rings. The maximum Gasteiger partial charge on any atom is 0.251 e. The Morgan fingerprint density at radius 3 is 2.72 bits per heavy atom. The minimum absolute atomic E-state index is 0.00308. The standard InChI is InChI=1S/C22H20F2N2O3/c23-13-5-6-16(18(24)11-13)21-15-3-1-2-14(15)17-10-12(4-7-19(17)26-21)22(29)25-9-8-20(27)28/h1-2,4-7,10-11,14-15,21,26H,3,8-9H2,(H,25,29)(H,27,28)/p-1/t14-,15+,21+/m0/s1. The molecule has 2 aromatic rings. The molecule has 150 valence electrons. The van der Waals surface area contributed by atoms with Gasteiger partial charge in [0.15, 0.2) is 0 Å². The number of amides is 1. The SMILES string of the molecule is O=C([O-])CCNC(=O)c1ccc2c(c1)[C@H]1C=CC[C@H]1[C@H](c1ccc(F)cc1F)N2. The molecular formula is C22H19F2N2O3-. The number of nitrogens with one attached hydrogen (secondary N) is 2. The Balaban J connectivity index is 1.61. The van der Waals surface area contributed by atoms with Gasteiger partial charge in [-0.1, -0.05) is 18.2 Å². The molecule has 2 aromatic carbocycles. The van der Waals surface area contributed by atoms with Crippen molar-refractivity contribution in [2.24, 2.45) is 5.92 Å². The Morgan fingerprint density at radius 2 is 1.97 bits per heavy atom. The average molecular weight is 397 g/mol. The van der Waals surface area contributed by atoms with E-state index in [2.05, 4.69) is 16.7 Å². The number of anilines is 1. The van der Waals surface area contributed by atoms with Crippen LogP contribution in [0.1, 0.15) is 46.3 Å². The van der Waals surface area contributed by atoms with Crippen LogP contribution in [0.3, 0.4) is 0 Å². The number of aliphatic carboxylic acids is 1. The Bertz CT molecular complexity index is 1010. The fraction of sp³-hybridized carbons (Fsp3) is 0.273. The molecule has 1 amide bonds. The molecular weight excluding hydrogens is 378 g/mol. The third kappa shape index (κ3) is 3.72. The van der Waals surface area contributed by atoms with Crippen LogP contribution in [0.25, 0.3) is 0 Å². The first-order valence-electron chi connectivity index (χ1n) is 9.44. The zero-order chi connectivity index (χ0) is 20.5. The Labute approximate surface area is 166 Å². The smallest absolute Gasteiger partial charge is 0.251 e. The van der Waals surface area contributed by atoms with Crippen molar-refractivity contribution < 1.29 is 23.5 Å². The third-order valence-corrected chi connectivity index (χ3v) is 5.54. The Morgan fingerprint density at radius 1 is 1.14 bits per heavy atom. The number of halogens is 2. The van der Waals surface area contributed by atoms with Gasteiger partial charge in [-0.2, -0.15) is 0 Å². The van der Waals surface area contributed by atoms with Crippen LogP contribution in [0.2, 0.25) is 0 Å². The number of carboxylic acids is 1. The second-order valence-corrected chi connectivity index (χ2v) is 7.32. The first-order valence-corrected chi connectivity index (χ1v) is 9.44. The summed E-state index contributed by atoms with van der Waals surface area (Å²) >= 11 is 0. The van der Waals surface area contributed by atoms with Crippen molar-refractivity contribution in [3.63, 3.8) is 0 Å². The number of fused-ring (bicyclic) bond motifs is 3. The van der Waals surface area contributed by atoms with E-state index in [1.807, 2.05) is 6.08 Å². The molecule has 29 heavy (non-hydrogen) atoms. The molecule has 0 saturated carbocycles. The molecule has 1 heterocycles. The lowest BCUT2D eigenvalue weighted by Crippen LogP contribution is -2.32. The summed E-state index contributed by atoms with van der Waals surface area (Å²) in [6.07, 6.45) is 4.57. The first-order chi connectivity index (χ1) is 13.9. The lowest BCUT2D eigenvalue weighted by atomic mass is 9.76. The fourth-order valence-electron chi connectivity index (χ4n) is 4.18. The van der Waals surface area contributed by atoms with Gasteiger partial charge in [0.1, 0.15) is 11.6 Å². The van der Waals surface area contributed by atoms with Gasteiger partial charge in [0.05, 0.1) is 6.04 Å². The van der Waals surface area contributed by atoms with Gasteiger partial charge in [-0.05, 0) is 42.2 Å². The number of hydrogen-bond donors (Lipinski definition) is 2. The van der Waals surface area contributed by atoms with Crippen LogP contribution in [0.5, 0.6) is 0 Å². The van der Waals surface area contributed by atoms with Crippen molar-refractivity contribution in [1.82, 2.24) is 5.32 Å². The van der Waals surface area contributed by atoms with Gasteiger partial charge in [0, 0.05) is 47.7 Å². The van der Waals surface area contributed by atoms with E-state index in [-0.39, 0.29) is 36.8 Å². The highest BCUT2D eigenvalue weighted by Crippen LogP contribution is 2.50. The minimum Gasteiger partial charge on any atom is -0.550 e. The van der Waals surface area contributed by atoms with Crippen molar-refractivity contribution in [2.45, 2.75) is 24.8 Å². The number of benzene rings is 2. The molecule has 1 aliphatic carbocycles. The topological polar surface area (TPSA) is 81.3 Å². The minimum atomic E-state index is -1.22. The molecule has 0 saturated heterocycles. The summed E-state index contributed by atoms with van der Waals surface area (Å²) in [7, 11) is 0. The van der Waals surface area contributed by atoms with Crippen LogP contribution >= 0.6 is 0 Å². The van der Waals surface area contributed by atoms with Crippen molar-refractivity contribution >= 4 is 17.6 Å². The van der Waals surface area contributed by atoms with E-state index in [0.717, 1.165) is 23.7 Å². The summed E-state index contributed by atoms with van der Waals surface area (Å²) in [5, 5.41) is 16.4. The van der Waals surface area contributed by atoms with Crippen LogP contribution in [0.15, 0.2) is 48.6 Å². The van der Waals surface area contributed by atoms with E-state index < -0.39 is 17.6 Å². The fourth-order valence-corrected chi connectivity index (χ4v) is 4.18. The maximum atomic E-state index is 14.4. The molecule has 2 N–H and O–H groups in total. The predicted molar refractivity (Wildman–Crippen MR) is 101 cm³/mol. The summed E-state index contributed by atoms with van der Waals surface area (Å²) in [5.41, 5.74) is 2.56. The van der Waals surface area contributed by atoms with Gasteiger partial charge in [-0.15, -0.1) is 0 Å². The van der Waals surface area contributed by atoms with Gasteiger partial charge < -0.3 is 20.5 Å². The van der Waals surface area contributed by atoms with E-state index in [1.54, 1.807) is 18.2 Å². The largest absolute Gasteiger partial charge is 0.550 e. The van der Waals surface area contributed by atoms with Crippen LogP contribution in [-0.4, -0.2) is 18.4 Å². The summed E-state index contributed by atoms with van der Waals surface area (Å²) in [4.78, 5) is 22.8.